The molecular formula is C28H31F3N4O5. The molecule has 40 heavy (non-hydrogen) atoms. The highest BCUT2D eigenvalue weighted by molar-refractivity contribution is 5.98. The molecule has 0 atom stereocenters. The molecule has 12 heteroatoms. The maximum absolute atomic E-state index is 13.7. The van der Waals surface area contributed by atoms with Crippen LogP contribution in [0.25, 0.3) is 11.0 Å². The average molecular weight is 561 g/mol. The fraction of sp³-hybridized carbons (Fsp3) is 0.429. The lowest BCUT2D eigenvalue weighted by Crippen LogP contribution is -2.31. The summed E-state index contributed by atoms with van der Waals surface area (Å²) in [5, 5.41) is 8.52. The Morgan fingerprint density at radius 2 is 1.62 bits per heavy atom. The molecule has 0 bridgehead atoms. The van der Waals surface area contributed by atoms with E-state index in [1.165, 1.54) is 0 Å². The number of para-hydroxylation sites is 2. The Morgan fingerprint density at radius 3 is 2.23 bits per heavy atom. The van der Waals surface area contributed by atoms with Crippen molar-refractivity contribution in [3.63, 3.8) is 0 Å². The molecule has 214 valence electrons. The summed E-state index contributed by atoms with van der Waals surface area (Å²) in [6.45, 7) is 5.94. The van der Waals surface area contributed by atoms with E-state index in [9.17, 15) is 27.6 Å². The van der Waals surface area contributed by atoms with Crippen LogP contribution in [0.1, 0.15) is 49.5 Å². The first-order chi connectivity index (χ1) is 18.7. The van der Waals surface area contributed by atoms with E-state index in [0.717, 1.165) is 23.9 Å². The van der Waals surface area contributed by atoms with E-state index in [0.29, 0.717) is 29.9 Å². The number of nitrogens with one attached hydrogen (secondary N) is 1. The Hall–Kier alpha value is -4.09. The molecule has 0 amide bonds. The average Bonchev–Trinajstić information content (AvgIpc) is 3.50. The van der Waals surface area contributed by atoms with Crippen molar-refractivity contribution in [2.45, 2.75) is 51.7 Å². The number of anilines is 1. The standard InChI is InChI=1S/C28H31F3N4O5/c1-27(2,3)18-13-17(22(36)15-35-20-10-6-5-9-19(20)33(4)26(35)32)14-21(34-11-7-8-12-34)24(18)39-16-23(37)40-25(38)28(29,30)31/h5-6,9-10,13-14,32H,7-8,11-12,15-16H2,1-4H3. The van der Waals surface area contributed by atoms with Crippen LogP contribution in [0.4, 0.5) is 18.9 Å². The quantitative estimate of drug-likeness (QED) is 0.263. The molecular weight excluding hydrogens is 529 g/mol. The summed E-state index contributed by atoms with van der Waals surface area (Å²) in [5.74, 6) is -4.11. The molecule has 3 aromatic rings. The molecule has 0 spiro atoms. The number of hydrogen-bond donors (Lipinski definition) is 1. The van der Waals surface area contributed by atoms with Crippen LogP contribution in [-0.4, -0.2) is 52.7 Å². The number of aryl methyl sites for hydroxylation is 1. The Bertz CT molecular complexity index is 1530. The normalized spacial score (nSPS) is 14.0. The van der Waals surface area contributed by atoms with Gasteiger partial charge in [-0.25, -0.2) is 9.59 Å². The van der Waals surface area contributed by atoms with Crippen molar-refractivity contribution in [1.29, 1.82) is 5.41 Å². The molecule has 1 fully saturated rings. The van der Waals surface area contributed by atoms with Gasteiger partial charge in [0.25, 0.3) is 0 Å². The number of hydrogen-bond acceptors (Lipinski definition) is 7. The second-order valence-corrected chi connectivity index (χ2v) is 10.7. The lowest BCUT2D eigenvalue weighted by atomic mass is 9.84. The van der Waals surface area contributed by atoms with E-state index < -0.39 is 30.1 Å². The van der Waals surface area contributed by atoms with Crippen LogP contribution < -0.4 is 15.3 Å². The van der Waals surface area contributed by atoms with Crippen LogP contribution in [0.3, 0.4) is 0 Å². The van der Waals surface area contributed by atoms with Crippen molar-refractivity contribution < 1.29 is 37.0 Å². The second-order valence-electron chi connectivity index (χ2n) is 10.7. The van der Waals surface area contributed by atoms with Gasteiger partial charge in [-0.3, -0.25) is 10.2 Å². The highest BCUT2D eigenvalue weighted by Gasteiger charge is 2.42. The van der Waals surface area contributed by atoms with Gasteiger partial charge in [0.2, 0.25) is 5.62 Å². The molecule has 0 aliphatic carbocycles. The molecule has 9 nitrogen and oxygen atoms in total. The van der Waals surface area contributed by atoms with Crippen molar-refractivity contribution >= 4 is 34.4 Å². The van der Waals surface area contributed by atoms with E-state index >= 15 is 0 Å². The van der Waals surface area contributed by atoms with Gasteiger partial charge in [-0.2, -0.15) is 13.2 Å². The highest BCUT2D eigenvalue weighted by atomic mass is 19.4. The fourth-order valence-electron chi connectivity index (χ4n) is 4.78. The Labute approximate surface area is 228 Å². The monoisotopic (exact) mass is 560 g/mol. The third-order valence-electron chi connectivity index (χ3n) is 6.83. The first kappa shape index (κ1) is 28.9. The van der Waals surface area contributed by atoms with Crippen LogP contribution in [-0.2, 0) is 33.3 Å². The number of aromatic nitrogens is 2. The van der Waals surface area contributed by atoms with Crippen molar-refractivity contribution in [2.75, 3.05) is 24.6 Å². The Balaban J connectivity index is 1.72. The third kappa shape index (κ3) is 5.90. The fourth-order valence-corrected chi connectivity index (χ4v) is 4.78. The number of esters is 2. The summed E-state index contributed by atoms with van der Waals surface area (Å²) in [7, 11) is 1.76. The van der Waals surface area contributed by atoms with Crippen LogP contribution >= 0.6 is 0 Å². The lowest BCUT2D eigenvalue weighted by molar-refractivity contribution is -0.202. The van der Waals surface area contributed by atoms with Crippen LogP contribution in [0.5, 0.6) is 5.75 Å². The third-order valence-corrected chi connectivity index (χ3v) is 6.83. The van der Waals surface area contributed by atoms with E-state index in [1.807, 2.05) is 49.9 Å². The van der Waals surface area contributed by atoms with Crippen molar-refractivity contribution in [2.24, 2.45) is 7.05 Å². The number of ketones is 1. The molecule has 1 aromatic heterocycles. The molecule has 4 rings (SSSR count). The largest absolute Gasteiger partial charge is 0.491 e. The number of imidazole rings is 1. The van der Waals surface area contributed by atoms with Crippen molar-refractivity contribution in [3.8, 4) is 5.75 Å². The number of carbonyl (C=O) groups is 3. The lowest BCUT2D eigenvalue weighted by Gasteiger charge is -2.29. The van der Waals surface area contributed by atoms with Gasteiger partial charge in [0.05, 0.1) is 23.3 Å². The number of ether oxygens (including phenoxy) is 2. The van der Waals surface area contributed by atoms with Gasteiger partial charge >= 0.3 is 18.1 Å². The van der Waals surface area contributed by atoms with Crippen molar-refractivity contribution in [1.82, 2.24) is 9.13 Å². The number of rotatable bonds is 7. The minimum absolute atomic E-state index is 0.0880. The number of Topliss-reactive ketones (excluding diaryl/α,β-unsaturated/α-hetero) is 1. The molecule has 2 heterocycles. The first-order valence-electron chi connectivity index (χ1n) is 12.8. The van der Waals surface area contributed by atoms with E-state index in [2.05, 4.69) is 4.74 Å². The second kappa shape index (κ2) is 10.8. The molecule has 1 N–H and O–H groups in total. The summed E-state index contributed by atoms with van der Waals surface area (Å²) in [6, 6.07) is 10.7. The minimum atomic E-state index is -5.31. The topological polar surface area (TPSA) is 107 Å². The zero-order valence-corrected chi connectivity index (χ0v) is 22.7. The van der Waals surface area contributed by atoms with Gasteiger partial charge < -0.3 is 23.5 Å². The van der Waals surface area contributed by atoms with Gasteiger partial charge in [0, 0.05) is 31.3 Å². The zero-order chi connectivity index (χ0) is 29.4. The summed E-state index contributed by atoms with van der Waals surface area (Å²) in [5.41, 5.74) is 2.57. The maximum Gasteiger partial charge on any atom is 0.491 e. The van der Waals surface area contributed by atoms with Gasteiger partial charge in [-0.15, -0.1) is 0 Å². The molecule has 0 unspecified atom stereocenters. The van der Waals surface area contributed by atoms with Gasteiger partial charge in [-0.1, -0.05) is 32.9 Å². The van der Waals surface area contributed by atoms with Gasteiger partial charge in [0.15, 0.2) is 12.4 Å². The number of fused-ring (bicyclic) bond motifs is 1. The molecule has 1 saturated heterocycles. The Kier molecular flexibility index (Phi) is 7.82. The van der Waals surface area contributed by atoms with E-state index in [4.69, 9.17) is 10.1 Å². The maximum atomic E-state index is 13.7. The molecule has 1 aliphatic heterocycles. The van der Waals surface area contributed by atoms with Crippen LogP contribution in [0.15, 0.2) is 36.4 Å². The smallest absolute Gasteiger partial charge is 0.479 e. The Morgan fingerprint density at radius 1 is 1.00 bits per heavy atom. The van der Waals surface area contributed by atoms with Gasteiger partial charge in [-0.05, 0) is 42.5 Å². The summed E-state index contributed by atoms with van der Waals surface area (Å²) >= 11 is 0. The number of carbonyl (C=O) groups excluding carboxylic acids is 3. The predicted octanol–water partition coefficient (Wildman–Crippen LogP) is 4.25. The van der Waals surface area contributed by atoms with E-state index in [-0.39, 0.29) is 23.7 Å². The highest BCUT2D eigenvalue weighted by Crippen LogP contribution is 2.41. The number of nitrogens with zero attached hydrogens (tertiary/aromatic N) is 3. The molecule has 0 radical (unpaired) electrons. The first-order valence-corrected chi connectivity index (χ1v) is 12.8. The summed E-state index contributed by atoms with van der Waals surface area (Å²) in [6.07, 6.45) is -3.53. The SMILES string of the molecule is Cn1c(=N)n(CC(=O)c2cc(N3CCCC3)c(OCC(=O)OC(=O)C(F)(F)F)c(C(C)(C)C)c2)c2ccccc21. The summed E-state index contributed by atoms with van der Waals surface area (Å²) < 4.78 is 50.5. The number of alkyl halides is 3. The van der Waals surface area contributed by atoms with E-state index in [1.54, 1.807) is 28.3 Å². The zero-order valence-electron chi connectivity index (χ0n) is 22.7. The number of halogens is 3. The minimum Gasteiger partial charge on any atom is -0.479 e. The molecule has 1 aliphatic rings. The van der Waals surface area contributed by atoms with Crippen LogP contribution in [0.2, 0.25) is 0 Å². The predicted molar refractivity (Wildman–Crippen MR) is 140 cm³/mol. The summed E-state index contributed by atoms with van der Waals surface area (Å²) in [4.78, 5) is 38.8. The van der Waals surface area contributed by atoms with Crippen LogP contribution in [0, 0.1) is 5.41 Å². The van der Waals surface area contributed by atoms with Gasteiger partial charge in [0.1, 0.15) is 5.75 Å². The number of benzene rings is 2. The molecule has 2 aromatic carbocycles. The van der Waals surface area contributed by atoms with Crippen molar-refractivity contribution in [3.05, 3.63) is 53.1 Å². The molecule has 0 saturated carbocycles.